The molecule has 2 amide bonds. The topological polar surface area (TPSA) is 69.6 Å². The average Bonchev–Trinajstić information content (AvgIpc) is 2.43. The molecule has 0 fully saturated rings. The van der Waals surface area contributed by atoms with Gasteiger partial charge in [0.15, 0.2) is 0 Å². The van der Waals surface area contributed by atoms with Crippen molar-refractivity contribution in [3.8, 4) is 0 Å². The molecule has 5 nitrogen and oxygen atoms in total. The van der Waals surface area contributed by atoms with E-state index < -0.39 is 12.0 Å². The average molecular weight is 262 g/mol. The summed E-state index contributed by atoms with van der Waals surface area (Å²) in [7, 11) is 0. The van der Waals surface area contributed by atoms with Crippen LogP contribution in [0.3, 0.4) is 0 Å². The Morgan fingerprint density at radius 1 is 1.37 bits per heavy atom. The van der Waals surface area contributed by atoms with Crippen LogP contribution in [0.2, 0.25) is 0 Å². The first kappa shape index (κ1) is 13.4. The maximum atomic E-state index is 12.0. The molecule has 2 N–H and O–H groups in total. The molecule has 5 heteroatoms. The number of nitrogens with zero attached hydrogens (tertiary/aromatic N) is 1. The Balaban J connectivity index is 2.21. The van der Waals surface area contributed by atoms with E-state index in [0.29, 0.717) is 19.5 Å². The van der Waals surface area contributed by atoms with Crippen LogP contribution in [0.4, 0.5) is 4.79 Å². The lowest BCUT2D eigenvalue weighted by Crippen LogP contribution is -2.52. The first-order valence-electron chi connectivity index (χ1n) is 6.47. The molecule has 1 aliphatic rings. The Kier molecular flexibility index (Phi) is 4.04. The van der Waals surface area contributed by atoms with Gasteiger partial charge in [0, 0.05) is 19.5 Å². The molecule has 0 aliphatic carbocycles. The highest BCUT2D eigenvalue weighted by atomic mass is 16.4. The van der Waals surface area contributed by atoms with Crippen molar-refractivity contribution in [3.63, 3.8) is 0 Å². The van der Waals surface area contributed by atoms with Crippen molar-refractivity contribution in [2.75, 3.05) is 6.54 Å². The third kappa shape index (κ3) is 2.86. The van der Waals surface area contributed by atoms with E-state index in [1.165, 1.54) is 4.90 Å². The maximum absolute atomic E-state index is 12.0. The normalized spacial score (nSPS) is 17.7. The van der Waals surface area contributed by atoms with Crippen molar-refractivity contribution in [2.45, 2.75) is 32.4 Å². The number of aliphatic carboxylic acids is 1. The number of nitrogens with one attached hydrogen (secondary N) is 1. The number of hydrogen-bond donors (Lipinski definition) is 2. The van der Waals surface area contributed by atoms with Crippen LogP contribution in [0, 0.1) is 0 Å². The summed E-state index contributed by atoms with van der Waals surface area (Å²) in [6.45, 7) is 2.87. The SMILES string of the molecule is CCCNC(=O)N1Cc2ccccc2C[C@H]1C(=O)O. The Morgan fingerprint density at radius 2 is 2.05 bits per heavy atom. The number of carboxylic acid groups (broad SMARTS) is 1. The predicted molar refractivity (Wildman–Crippen MR) is 70.8 cm³/mol. The van der Waals surface area contributed by atoms with Crippen molar-refractivity contribution in [3.05, 3.63) is 35.4 Å². The molecular weight excluding hydrogens is 244 g/mol. The number of carboxylic acids is 1. The summed E-state index contributed by atoms with van der Waals surface area (Å²) in [5, 5.41) is 12.0. The molecule has 0 unspecified atom stereocenters. The summed E-state index contributed by atoms with van der Waals surface area (Å²) in [5.41, 5.74) is 2.03. The summed E-state index contributed by atoms with van der Waals surface area (Å²) < 4.78 is 0. The third-order valence-corrected chi connectivity index (χ3v) is 3.32. The molecule has 0 saturated carbocycles. The van der Waals surface area contributed by atoms with Gasteiger partial charge in [-0.25, -0.2) is 9.59 Å². The first-order chi connectivity index (χ1) is 9.13. The fraction of sp³-hybridized carbons (Fsp3) is 0.429. The number of carbonyl (C=O) groups excluding carboxylic acids is 1. The largest absolute Gasteiger partial charge is 0.480 e. The summed E-state index contributed by atoms with van der Waals surface area (Å²) in [6, 6.07) is 6.57. The second-order valence-electron chi connectivity index (χ2n) is 4.69. The van der Waals surface area contributed by atoms with Crippen LogP contribution in [0.5, 0.6) is 0 Å². The molecule has 0 aromatic heterocycles. The second-order valence-corrected chi connectivity index (χ2v) is 4.69. The van der Waals surface area contributed by atoms with E-state index in [1.54, 1.807) is 0 Å². The number of urea groups is 1. The van der Waals surface area contributed by atoms with Gasteiger partial charge in [-0.05, 0) is 17.5 Å². The number of hydrogen-bond acceptors (Lipinski definition) is 2. The van der Waals surface area contributed by atoms with Crippen LogP contribution < -0.4 is 5.32 Å². The zero-order valence-electron chi connectivity index (χ0n) is 10.9. The number of fused-ring (bicyclic) bond motifs is 1. The van der Waals surface area contributed by atoms with E-state index in [9.17, 15) is 14.7 Å². The van der Waals surface area contributed by atoms with Crippen molar-refractivity contribution in [1.82, 2.24) is 10.2 Å². The molecule has 1 aromatic carbocycles. The molecule has 1 atom stereocenters. The van der Waals surface area contributed by atoms with E-state index in [-0.39, 0.29) is 6.03 Å². The van der Waals surface area contributed by atoms with Gasteiger partial charge in [0.1, 0.15) is 6.04 Å². The molecule has 0 saturated heterocycles. The fourth-order valence-corrected chi connectivity index (χ4v) is 2.29. The van der Waals surface area contributed by atoms with Gasteiger partial charge < -0.3 is 15.3 Å². The van der Waals surface area contributed by atoms with E-state index in [1.807, 2.05) is 31.2 Å². The minimum atomic E-state index is -0.957. The Labute approximate surface area is 112 Å². The lowest BCUT2D eigenvalue weighted by Gasteiger charge is -2.34. The molecule has 19 heavy (non-hydrogen) atoms. The van der Waals surface area contributed by atoms with Gasteiger partial charge in [-0.3, -0.25) is 0 Å². The standard InChI is InChI=1S/C14H18N2O3/c1-2-7-15-14(19)16-9-11-6-4-3-5-10(11)8-12(16)13(17)18/h3-6,12H,2,7-9H2,1H3,(H,15,19)(H,17,18)/t12-/m0/s1. The summed E-state index contributed by atoms with van der Waals surface area (Å²) in [6.07, 6.45) is 1.19. The van der Waals surface area contributed by atoms with Gasteiger partial charge in [0.05, 0.1) is 0 Å². The van der Waals surface area contributed by atoms with Crippen molar-refractivity contribution < 1.29 is 14.7 Å². The Hall–Kier alpha value is -2.04. The highest BCUT2D eigenvalue weighted by molar-refractivity contribution is 5.83. The predicted octanol–water partition coefficient (Wildman–Crippen LogP) is 1.62. The molecule has 0 bridgehead atoms. The number of amides is 2. The lowest BCUT2D eigenvalue weighted by atomic mass is 9.94. The van der Waals surface area contributed by atoms with E-state index in [0.717, 1.165) is 17.5 Å². The van der Waals surface area contributed by atoms with Gasteiger partial charge in [-0.2, -0.15) is 0 Å². The van der Waals surface area contributed by atoms with Crippen LogP contribution in [0.25, 0.3) is 0 Å². The number of carbonyl (C=O) groups is 2. The maximum Gasteiger partial charge on any atom is 0.326 e. The summed E-state index contributed by atoms with van der Waals surface area (Å²) >= 11 is 0. The number of rotatable bonds is 3. The molecule has 2 rings (SSSR count). The van der Waals surface area contributed by atoms with Crippen molar-refractivity contribution in [1.29, 1.82) is 0 Å². The van der Waals surface area contributed by atoms with Crippen molar-refractivity contribution in [2.24, 2.45) is 0 Å². The molecule has 0 spiro atoms. The molecule has 102 valence electrons. The lowest BCUT2D eigenvalue weighted by molar-refractivity contribution is -0.142. The number of benzene rings is 1. The minimum absolute atomic E-state index is 0.302. The summed E-state index contributed by atoms with van der Waals surface area (Å²) in [4.78, 5) is 24.8. The minimum Gasteiger partial charge on any atom is -0.480 e. The van der Waals surface area contributed by atoms with E-state index in [4.69, 9.17) is 0 Å². The molecule has 1 aromatic rings. The highest BCUT2D eigenvalue weighted by Crippen LogP contribution is 2.23. The molecule has 1 heterocycles. The Morgan fingerprint density at radius 3 is 2.68 bits per heavy atom. The summed E-state index contributed by atoms with van der Waals surface area (Å²) in [5.74, 6) is -0.957. The van der Waals surface area contributed by atoms with Crippen LogP contribution >= 0.6 is 0 Å². The van der Waals surface area contributed by atoms with Gasteiger partial charge in [-0.1, -0.05) is 31.2 Å². The molecule has 0 radical (unpaired) electrons. The van der Waals surface area contributed by atoms with E-state index >= 15 is 0 Å². The molecule has 1 aliphatic heterocycles. The zero-order valence-corrected chi connectivity index (χ0v) is 10.9. The second kappa shape index (κ2) is 5.73. The van der Waals surface area contributed by atoms with E-state index in [2.05, 4.69) is 5.32 Å². The van der Waals surface area contributed by atoms with Gasteiger partial charge in [-0.15, -0.1) is 0 Å². The molecular formula is C14H18N2O3. The van der Waals surface area contributed by atoms with Gasteiger partial charge in [0.25, 0.3) is 0 Å². The Bertz CT molecular complexity index is 487. The third-order valence-electron chi connectivity index (χ3n) is 3.32. The van der Waals surface area contributed by atoms with Crippen LogP contribution in [0.15, 0.2) is 24.3 Å². The highest BCUT2D eigenvalue weighted by Gasteiger charge is 2.34. The zero-order chi connectivity index (χ0) is 13.8. The van der Waals surface area contributed by atoms with Crippen molar-refractivity contribution >= 4 is 12.0 Å². The van der Waals surface area contributed by atoms with Crippen LogP contribution in [-0.4, -0.2) is 34.6 Å². The quantitative estimate of drug-likeness (QED) is 0.869. The first-order valence-corrected chi connectivity index (χ1v) is 6.47. The van der Waals surface area contributed by atoms with Crippen LogP contribution in [-0.2, 0) is 17.8 Å². The monoisotopic (exact) mass is 262 g/mol. The van der Waals surface area contributed by atoms with Crippen LogP contribution in [0.1, 0.15) is 24.5 Å². The van der Waals surface area contributed by atoms with Gasteiger partial charge >= 0.3 is 12.0 Å². The van der Waals surface area contributed by atoms with Gasteiger partial charge in [0.2, 0.25) is 0 Å². The fourth-order valence-electron chi connectivity index (χ4n) is 2.29. The smallest absolute Gasteiger partial charge is 0.326 e.